The summed E-state index contributed by atoms with van der Waals surface area (Å²) in [6, 6.07) is 17.5. The fourth-order valence-corrected chi connectivity index (χ4v) is 8.24. The van der Waals surface area contributed by atoms with E-state index in [-0.39, 0.29) is 12.0 Å². The number of rotatable bonds is 5. The standard InChI is InChI=1S/C38H38Br2N4/c1-22-17-24(3)33(25(4)18-22)32-21-43-38(44(32)37-26(5)19-23(2)20-27(37)6)29-12-8-7-11-28(29)34(35-30(39)13-9-15-41-35)36-31(40)14-10-16-42-36/h7-11,13-20,32,34,43H,12,21H2,1-6H3. The quantitative estimate of drug-likeness (QED) is 0.224. The van der Waals surface area contributed by atoms with Crippen molar-refractivity contribution in [3.63, 3.8) is 0 Å². The summed E-state index contributed by atoms with van der Waals surface area (Å²) in [6.07, 6.45) is 11.2. The summed E-state index contributed by atoms with van der Waals surface area (Å²) in [4.78, 5) is 12.4. The molecule has 1 N–H and O–H groups in total. The van der Waals surface area contributed by atoms with Crippen molar-refractivity contribution in [3.8, 4) is 0 Å². The lowest BCUT2D eigenvalue weighted by atomic mass is 9.82. The molecule has 1 unspecified atom stereocenters. The minimum Gasteiger partial charge on any atom is -0.369 e. The molecule has 0 amide bonds. The molecule has 4 nitrogen and oxygen atoms in total. The second-order valence-electron chi connectivity index (χ2n) is 12.1. The monoisotopic (exact) mass is 708 g/mol. The lowest BCUT2D eigenvalue weighted by molar-refractivity contribution is 0.741. The molecule has 44 heavy (non-hydrogen) atoms. The average Bonchev–Trinajstić information content (AvgIpc) is 3.38. The first-order valence-corrected chi connectivity index (χ1v) is 16.7. The van der Waals surface area contributed by atoms with E-state index in [1.807, 2.05) is 24.5 Å². The van der Waals surface area contributed by atoms with Crippen molar-refractivity contribution in [2.24, 2.45) is 0 Å². The molecule has 2 aromatic carbocycles. The van der Waals surface area contributed by atoms with Gasteiger partial charge in [0.1, 0.15) is 5.82 Å². The molecule has 1 aliphatic carbocycles. The van der Waals surface area contributed by atoms with Crippen molar-refractivity contribution in [1.29, 1.82) is 0 Å². The van der Waals surface area contributed by atoms with E-state index in [9.17, 15) is 0 Å². The maximum Gasteiger partial charge on any atom is 0.110 e. The topological polar surface area (TPSA) is 41.1 Å². The molecule has 0 bridgehead atoms. The van der Waals surface area contributed by atoms with Crippen molar-refractivity contribution in [2.45, 2.75) is 59.9 Å². The number of allylic oxidation sites excluding steroid dienone is 5. The molecule has 0 saturated carbocycles. The Hall–Kier alpha value is -3.48. The van der Waals surface area contributed by atoms with E-state index in [2.05, 4.69) is 138 Å². The van der Waals surface area contributed by atoms with Crippen LogP contribution in [-0.2, 0) is 0 Å². The molecular formula is C38H38Br2N4. The Balaban J connectivity index is 1.62. The molecule has 4 aromatic rings. The number of hydrogen-bond acceptors (Lipinski definition) is 4. The lowest BCUT2D eigenvalue weighted by Crippen LogP contribution is -2.28. The van der Waals surface area contributed by atoms with Gasteiger partial charge in [-0.3, -0.25) is 9.97 Å². The molecule has 3 heterocycles. The number of aryl methyl sites for hydroxylation is 6. The molecule has 1 fully saturated rings. The summed E-state index contributed by atoms with van der Waals surface area (Å²) in [5, 5.41) is 3.95. The fraction of sp³-hybridized carbons (Fsp3) is 0.263. The maximum absolute atomic E-state index is 4.91. The van der Waals surface area contributed by atoms with E-state index in [0.29, 0.717) is 0 Å². The molecule has 1 atom stereocenters. The van der Waals surface area contributed by atoms with Crippen molar-refractivity contribution in [3.05, 3.63) is 155 Å². The van der Waals surface area contributed by atoms with Crippen LogP contribution in [0.1, 0.15) is 68.7 Å². The third-order valence-corrected chi connectivity index (χ3v) is 10.1. The Morgan fingerprint density at radius 2 is 1.34 bits per heavy atom. The van der Waals surface area contributed by atoms with Gasteiger partial charge in [-0.15, -0.1) is 0 Å². The van der Waals surface area contributed by atoms with Crippen LogP contribution in [0, 0.1) is 41.5 Å². The average molecular weight is 711 g/mol. The Kier molecular flexibility index (Phi) is 8.67. The summed E-state index contributed by atoms with van der Waals surface area (Å²) in [7, 11) is 0. The molecule has 0 spiro atoms. The number of benzene rings is 2. The van der Waals surface area contributed by atoms with Crippen LogP contribution in [0.25, 0.3) is 0 Å². The number of anilines is 1. The molecule has 0 radical (unpaired) electrons. The zero-order chi connectivity index (χ0) is 31.1. The smallest absolute Gasteiger partial charge is 0.110 e. The predicted octanol–water partition coefficient (Wildman–Crippen LogP) is 9.93. The summed E-state index contributed by atoms with van der Waals surface area (Å²) in [5.74, 6) is 0.975. The van der Waals surface area contributed by atoms with Gasteiger partial charge in [0, 0.05) is 39.1 Å². The first kappa shape index (κ1) is 30.5. The summed E-state index contributed by atoms with van der Waals surface area (Å²) in [5.41, 5.74) is 14.8. The van der Waals surface area contributed by atoms with Crippen LogP contribution in [0.2, 0.25) is 0 Å². The second kappa shape index (κ2) is 12.5. The minimum absolute atomic E-state index is 0.145. The molecule has 224 valence electrons. The molecule has 1 saturated heterocycles. The molecule has 6 heteroatoms. The van der Waals surface area contributed by atoms with Gasteiger partial charge >= 0.3 is 0 Å². The SMILES string of the molecule is Cc1cc(C)c(C2CNC(=C3CC=CC=C3C(c3ncccc3Br)c3ncccc3Br)N2c2c(C)cc(C)cc2C)c(C)c1. The van der Waals surface area contributed by atoms with Crippen molar-refractivity contribution < 1.29 is 0 Å². The zero-order valence-electron chi connectivity index (χ0n) is 26.2. The van der Waals surface area contributed by atoms with Crippen molar-refractivity contribution >= 4 is 37.5 Å². The highest BCUT2D eigenvalue weighted by Gasteiger charge is 2.38. The van der Waals surface area contributed by atoms with Gasteiger partial charge in [-0.2, -0.15) is 0 Å². The highest BCUT2D eigenvalue weighted by atomic mass is 79.9. The van der Waals surface area contributed by atoms with Crippen LogP contribution in [0.15, 0.2) is 105 Å². The summed E-state index contributed by atoms with van der Waals surface area (Å²) >= 11 is 7.66. The van der Waals surface area contributed by atoms with Crippen LogP contribution in [0.4, 0.5) is 5.69 Å². The van der Waals surface area contributed by atoms with Crippen LogP contribution >= 0.6 is 31.9 Å². The molecule has 1 aliphatic heterocycles. The van der Waals surface area contributed by atoms with Crippen LogP contribution in [0.3, 0.4) is 0 Å². The van der Waals surface area contributed by atoms with Gasteiger partial charge < -0.3 is 10.2 Å². The number of aromatic nitrogens is 2. The number of halogens is 2. The zero-order valence-corrected chi connectivity index (χ0v) is 29.3. The van der Waals surface area contributed by atoms with Gasteiger partial charge in [0.15, 0.2) is 0 Å². The van der Waals surface area contributed by atoms with Crippen LogP contribution in [0.5, 0.6) is 0 Å². The maximum atomic E-state index is 4.91. The third-order valence-electron chi connectivity index (χ3n) is 8.76. The van der Waals surface area contributed by atoms with Gasteiger partial charge in [-0.05, 0) is 137 Å². The number of nitrogens with one attached hydrogen (secondary N) is 1. The molecule has 2 aromatic heterocycles. The Morgan fingerprint density at radius 3 is 1.89 bits per heavy atom. The Labute approximate surface area is 278 Å². The molecular weight excluding hydrogens is 672 g/mol. The highest BCUT2D eigenvalue weighted by molar-refractivity contribution is 9.10. The molecule has 2 aliphatic rings. The van der Waals surface area contributed by atoms with E-state index in [4.69, 9.17) is 9.97 Å². The van der Waals surface area contributed by atoms with Gasteiger partial charge in [0.05, 0.1) is 23.3 Å². The minimum atomic E-state index is -0.181. The largest absolute Gasteiger partial charge is 0.369 e. The van der Waals surface area contributed by atoms with Crippen LogP contribution < -0.4 is 10.2 Å². The third kappa shape index (κ3) is 5.59. The summed E-state index contributed by atoms with van der Waals surface area (Å²) < 4.78 is 1.93. The normalized spacial score (nSPS) is 18.2. The van der Waals surface area contributed by atoms with E-state index in [0.717, 1.165) is 39.1 Å². The highest BCUT2D eigenvalue weighted by Crippen LogP contribution is 2.47. The first-order valence-electron chi connectivity index (χ1n) is 15.2. The van der Waals surface area contributed by atoms with E-state index < -0.39 is 0 Å². The number of nitrogens with zero attached hydrogens (tertiary/aromatic N) is 3. The van der Waals surface area contributed by atoms with Crippen molar-refractivity contribution in [2.75, 3.05) is 11.4 Å². The van der Waals surface area contributed by atoms with E-state index in [1.54, 1.807) is 0 Å². The van der Waals surface area contributed by atoms with E-state index in [1.165, 1.54) is 55.8 Å². The number of hydrogen-bond donors (Lipinski definition) is 1. The van der Waals surface area contributed by atoms with Gasteiger partial charge in [-0.1, -0.05) is 53.6 Å². The number of pyridine rings is 2. The van der Waals surface area contributed by atoms with Crippen LogP contribution in [-0.4, -0.2) is 16.5 Å². The summed E-state index contributed by atoms with van der Waals surface area (Å²) in [6.45, 7) is 14.2. The Morgan fingerprint density at radius 1 is 0.795 bits per heavy atom. The van der Waals surface area contributed by atoms with Gasteiger partial charge in [0.25, 0.3) is 0 Å². The predicted molar refractivity (Wildman–Crippen MR) is 189 cm³/mol. The van der Waals surface area contributed by atoms with Crippen molar-refractivity contribution in [1.82, 2.24) is 15.3 Å². The Bertz CT molecular complexity index is 1760. The van der Waals surface area contributed by atoms with E-state index >= 15 is 0 Å². The fourth-order valence-electron chi connectivity index (χ4n) is 7.27. The van der Waals surface area contributed by atoms with Gasteiger partial charge in [0.2, 0.25) is 0 Å². The second-order valence-corrected chi connectivity index (χ2v) is 13.8. The first-order chi connectivity index (χ1) is 21.2. The lowest BCUT2D eigenvalue weighted by Gasteiger charge is -2.34. The molecule has 6 rings (SSSR count). The van der Waals surface area contributed by atoms with Gasteiger partial charge in [-0.25, -0.2) is 0 Å².